The number of benzene rings is 1. The lowest BCUT2D eigenvalue weighted by Crippen LogP contribution is -2.21. The molecule has 0 aliphatic rings. The highest BCUT2D eigenvalue weighted by Crippen LogP contribution is 2.30. The number of amidine groups is 1. The van der Waals surface area contributed by atoms with Gasteiger partial charge in [0.2, 0.25) is 5.71 Å². The molecule has 0 amide bonds. The molecule has 0 fully saturated rings. The normalized spacial score (nSPS) is 10.9. The summed E-state index contributed by atoms with van der Waals surface area (Å²) in [6.07, 6.45) is 2.89. The van der Waals surface area contributed by atoms with Gasteiger partial charge in [-0.25, -0.2) is 0 Å². The van der Waals surface area contributed by atoms with Crippen molar-refractivity contribution in [3.63, 3.8) is 0 Å². The van der Waals surface area contributed by atoms with Gasteiger partial charge in [-0.1, -0.05) is 0 Å². The topological polar surface area (TPSA) is 154 Å². The summed E-state index contributed by atoms with van der Waals surface area (Å²) in [5, 5.41) is 31.4. The van der Waals surface area contributed by atoms with E-state index in [0.29, 0.717) is 16.5 Å². The van der Waals surface area contributed by atoms with Gasteiger partial charge >= 0.3 is 0 Å². The van der Waals surface area contributed by atoms with Gasteiger partial charge in [0.1, 0.15) is 6.07 Å². The minimum Gasteiger partial charge on any atom is -0.382 e. The molecule has 0 saturated heterocycles. The minimum absolute atomic E-state index is 0.0611. The molecule has 0 radical (unpaired) electrons. The maximum atomic E-state index is 11.0. The quantitative estimate of drug-likeness (QED) is 0.333. The summed E-state index contributed by atoms with van der Waals surface area (Å²) in [7, 11) is 0. The number of nitrogens with one attached hydrogen (secondary N) is 2. The number of nitro groups is 1. The molecule has 21 heavy (non-hydrogen) atoms. The SMILES string of the molecule is N#C/C(=N\Nc1ccc([N+](=O)[O-])c2ccncc12)C(=N)N. The first kappa shape index (κ1) is 13.9. The molecular formula is C12H9N7O2. The van der Waals surface area contributed by atoms with Gasteiger partial charge < -0.3 is 5.73 Å². The lowest BCUT2D eigenvalue weighted by molar-refractivity contribution is -0.383. The van der Waals surface area contributed by atoms with E-state index in [9.17, 15) is 10.1 Å². The van der Waals surface area contributed by atoms with Crippen LogP contribution in [0.1, 0.15) is 0 Å². The molecule has 0 spiro atoms. The fourth-order valence-corrected chi connectivity index (χ4v) is 1.69. The van der Waals surface area contributed by atoms with Crippen LogP contribution < -0.4 is 11.2 Å². The zero-order chi connectivity index (χ0) is 15.4. The maximum absolute atomic E-state index is 11.0. The average Bonchev–Trinajstić information content (AvgIpc) is 2.47. The number of aromatic nitrogens is 1. The molecule has 0 bridgehead atoms. The summed E-state index contributed by atoms with van der Waals surface area (Å²) in [5.74, 6) is -0.477. The zero-order valence-corrected chi connectivity index (χ0v) is 10.6. The molecule has 0 atom stereocenters. The minimum atomic E-state index is -0.494. The van der Waals surface area contributed by atoms with Crippen molar-refractivity contribution in [2.24, 2.45) is 10.8 Å². The lowest BCUT2D eigenvalue weighted by Gasteiger charge is -2.06. The number of nitro benzene ring substituents is 1. The highest BCUT2D eigenvalue weighted by atomic mass is 16.6. The summed E-state index contributed by atoms with van der Waals surface area (Å²) in [6.45, 7) is 0. The zero-order valence-electron chi connectivity index (χ0n) is 10.6. The first-order valence-electron chi connectivity index (χ1n) is 5.64. The number of rotatable bonds is 4. The van der Waals surface area contributed by atoms with Crippen molar-refractivity contribution in [2.75, 3.05) is 5.43 Å². The molecule has 4 N–H and O–H groups in total. The van der Waals surface area contributed by atoms with E-state index >= 15 is 0 Å². The number of hydrazone groups is 1. The Morgan fingerprint density at radius 3 is 2.86 bits per heavy atom. The third kappa shape index (κ3) is 2.74. The van der Waals surface area contributed by atoms with E-state index in [2.05, 4.69) is 15.5 Å². The van der Waals surface area contributed by atoms with Crippen molar-refractivity contribution < 1.29 is 4.92 Å². The van der Waals surface area contributed by atoms with E-state index in [0.717, 1.165) is 0 Å². The number of hydrogen-bond donors (Lipinski definition) is 3. The van der Waals surface area contributed by atoms with Crippen LogP contribution in [0.15, 0.2) is 35.7 Å². The summed E-state index contributed by atoms with van der Waals surface area (Å²) in [6, 6.07) is 5.94. The molecule has 104 valence electrons. The van der Waals surface area contributed by atoms with Crippen LogP contribution in [0.5, 0.6) is 0 Å². The van der Waals surface area contributed by atoms with Gasteiger partial charge in [0.25, 0.3) is 5.69 Å². The molecule has 2 aromatic rings. The Balaban J connectivity index is 2.52. The number of pyridine rings is 1. The van der Waals surface area contributed by atoms with E-state index < -0.39 is 10.8 Å². The van der Waals surface area contributed by atoms with Gasteiger partial charge in [-0.3, -0.25) is 25.9 Å². The second-order valence-corrected chi connectivity index (χ2v) is 3.91. The fourth-order valence-electron chi connectivity index (χ4n) is 1.69. The van der Waals surface area contributed by atoms with Crippen molar-refractivity contribution in [2.45, 2.75) is 0 Å². The Labute approximate surface area is 118 Å². The Morgan fingerprint density at radius 2 is 2.24 bits per heavy atom. The third-order valence-corrected chi connectivity index (χ3v) is 2.64. The number of hydrogen-bond acceptors (Lipinski definition) is 7. The van der Waals surface area contributed by atoms with E-state index in [1.165, 1.54) is 30.6 Å². The number of non-ortho nitro benzene ring substituents is 1. The molecule has 9 heteroatoms. The number of nitrogens with zero attached hydrogens (tertiary/aromatic N) is 4. The summed E-state index contributed by atoms with van der Waals surface area (Å²) in [5.41, 5.74) is 7.81. The van der Waals surface area contributed by atoms with Crippen LogP contribution >= 0.6 is 0 Å². The van der Waals surface area contributed by atoms with Crippen molar-refractivity contribution in [1.82, 2.24) is 4.98 Å². The van der Waals surface area contributed by atoms with Crippen molar-refractivity contribution >= 4 is 33.7 Å². The Hall–Kier alpha value is -3.54. The van der Waals surface area contributed by atoms with Crippen LogP contribution in [0, 0.1) is 26.9 Å². The predicted molar refractivity (Wildman–Crippen MR) is 77.0 cm³/mol. The molecule has 2 rings (SSSR count). The third-order valence-electron chi connectivity index (χ3n) is 2.64. The van der Waals surface area contributed by atoms with Crippen LogP contribution in [0.4, 0.5) is 11.4 Å². The first-order valence-corrected chi connectivity index (χ1v) is 5.64. The Morgan fingerprint density at radius 1 is 1.48 bits per heavy atom. The molecule has 0 aliphatic carbocycles. The standard InChI is InChI=1S/C12H9N7O2/c13-5-10(12(14)15)18-17-9-1-2-11(19(20)21)7-3-4-16-6-8(7)9/h1-4,6,17H,(H3,14,15)/b18-10+. The molecule has 0 saturated carbocycles. The molecule has 1 heterocycles. The smallest absolute Gasteiger partial charge is 0.277 e. The lowest BCUT2D eigenvalue weighted by atomic mass is 10.1. The van der Waals surface area contributed by atoms with Crippen molar-refractivity contribution in [1.29, 1.82) is 10.7 Å². The number of anilines is 1. The molecule has 1 aromatic carbocycles. The van der Waals surface area contributed by atoms with E-state index in [1.807, 2.05) is 0 Å². The van der Waals surface area contributed by atoms with Gasteiger partial charge in [-0.05, 0) is 12.1 Å². The van der Waals surface area contributed by atoms with Gasteiger partial charge in [0, 0.05) is 23.8 Å². The maximum Gasteiger partial charge on any atom is 0.277 e. The van der Waals surface area contributed by atoms with Crippen LogP contribution in [0.2, 0.25) is 0 Å². The van der Waals surface area contributed by atoms with Gasteiger partial charge in [-0.15, -0.1) is 0 Å². The Bertz CT molecular complexity index is 807. The first-order chi connectivity index (χ1) is 10.0. The molecule has 9 nitrogen and oxygen atoms in total. The van der Waals surface area contributed by atoms with Gasteiger partial charge in [0.15, 0.2) is 5.84 Å². The van der Waals surface area contributed by atoms with Crippen LogP contribution in [-0.4, -0.2) is 21.5 Å². The summed E-state index contributed by atoms with van der Waals surface area (Å²) >= 11 is 0. The highest BCUT2D eigenvalue weighted by Gasteiger charge is 2.14. The number of nitrogens with two attached hydrogens (primary N) is 1. The van der Waals surface area contributed by atoms with Crippen molar-refractivity contribution in [3.8, 4) is 6.07 Å². The molecule has 1 aromatic heterocycles. The monoisotopic (exact) mass is 283 g/mol. The predicted octanol–water partition coefficient (Wildman–Crippen LogP) is 1.37. The van der Waals surface area contributed by atoms with E-state index in [4.69, 9.17) is 16.4 Å². The van der Waals surface area contributed by atoms with Crippen LogP contribution in [-0.2, 0) is 0 Å². The second-order valence-electron chi connectivity index (χ2n) is 3.91. The fraction of sp³-hybridized carbons (Fsp3) is 0. The largest absolute Gasteiger partial charge is 0.382 e. The second kappa shape index (κ2) is 5.62. The van der Waals surface area contributed by atoms with Gasteiger partial charge in [0.05, 0.1) is 16.0 Å². The van der Waals surface area contributed by atoms with E-state index in [1.54, 1.807) is 6.07 Å². The average molecular weight is 283 g/mol. The van der Waals surface area contributed by atoms with E-state index in [-0.39, 0.29) is 11.4 Å². The number of nitriles is 1. The summed E-state index contributed by atoms with van der Waals surface area (Å²) < 4.78 is 0. The van der Waals surface area contributed by atoms with Crippen LogP contribution in [0.25, 0.3) is 10.8 Å². The molecular weight excluding hydrogens is 274 g/mol. The highest BCUT2D eigenvalue weighted by molar-refractivity contribution is 6.45. The molecule has 0 aliphatic heterocycles. The van der Waals surface area contributed by atoms with Crippen molar-refractivity contribution in [3.05, 3.63) is 40.7 Å². The van der Waals surface area contributed by atoms with Crippen LogP contribution in [0.3, 0.4) is 0 Å². The Kier molecular flexibility index (Phi) is 3.71. The molecule has 0 unspecified atom stereocenters. The summed E-state index contributed by atoms with van der Waals surface area (Å²) in [4.78, 5) is 14.4. The number of fused-ring (bicyclic) bond motifs is 1. The van der Waals surface area contributed by atoms with Gasteiger partial charge in [-0.2, -0.15) is 10.4 Å².